The Bertz CT molecular complexity index is 485. The molecule has 0 aliphatic carbocycles. The molecule has 1 N–H and O–H groups in total. The molecule has 0 aromatic carbocycles. The molecule has 0 aliphatic rings. The molecule has 2 aromatic rings. The van der Waals surface area contributed by atoms with Crippen molar-refractivity contribution in [1.29, 1.82) is 0 Å². The monoisotopic (exact) mass is 302 g/mol. The van der Waals surface area contributed by atoms with Crippen molar-refractivity contribution in [2.75, 3.05) is 0 Å². The summed E-state index contributed by atoms with van der Waals surface area (Å²) in [6, 6.07) is 1.41. The van der Waals surface area contributed by atoms with Crippen LogP contribution >= 0.6 is 15.9 Å². The Morgan fingerprint density at radius 2 is 2.00 bits per heavy atom. The van der Waals surface area contributed by atoms with Crippen molar-refractivity contribution in [3.63, 3.8) is 0 Å². The number of hydrogen-bond acceptors (Lipinski definition) is 1. The molecule has 2 aromatic heterocycles. The van der Waals surface area contributed by atoms with Gasteiger partial charge in [-0.15, -0.1) is 0 Å². The van der Waals surface area contributed by atoms with Crippen molar-refractivity contribution in [3.05, 3.63) is 22.9 Å². The molecule has 15 heavy (non-hydrogen) atoms. The third-order valence-corrected chi connectivity index (χ3v) is 2.32. The summed E-state index contributed by atoms with van der Waals surface area (Å²) in [6.07, 6.45) is 2.40. The van der Waals surface area contributed by atoms with E-state index in [2.05, 4.69) is 25.9 Å². The fraction of sp³-hybridized carbons (Fsp3) is 0. The summed E-state index contributed by atoms with van der Waals surface area (Å²) >= 11 is 3.08. The van der Waals surface area contributed by atoms with Crippen LogP contribution in [0.15, 0.2) is 22.9 Å². The molecule has 0 unspecified atom stereocenters. The summed E-state index contributed by atoms with van der Waals surface area (Å²) in [6.45, 7) is -4.98. The van der Waals surface area contributed by atoms with E-state index in [9.17, 15) is 12.9 Å². The zero-order valence-electron chi connectivity index (χ0n) is 7.77. The van der Waals surface area contributed by atoms with Gasteiger partial charge in [0.1, 0.15) is 5.65 Å². The normalized spacial score (nSPS) is 11.5. The Balaban J connectivity index is 0.00000112. The Labute approximate surface area is 135 Å². The molecular formula is C7H4BBrF3KN2. The van der Waals surface area contributed by atoms with Crippen molar-refractivity contribution in [2.45, 2.75) is 0 Å². The fourth-order valence-electron chi connectivity index (χ4n) is 1.27. The van der Waals surface area contributed by atoms with Gasteiger partial charge in [0.15, 0.2) is 0 Å². The third-order valence-electron chi connectivity index (χ3n) is 1.88. The molecule has 0 atom stereocenters. The van der Waals surface area contributed by atoms with Gasteiger partial charge in [-0.1, -0.05) is 5.46 Å². The van der Waals surface area contributed by atoms with Crippen LogP contribution in [-0.2, 0) is 0 Å². The van der Waals surface area contributed by atoms with Crippen molar-refractivity contribution < 1.29 is 64.3 Å². The number of H-pyrrole nitrogens is 1. The van der Waals surface area contributed by atoms with Crippen LogP contribution in [0.25, 0.3) is 11.0 Å². The SMILES string of the molecule is F[B-](F)(F)c1c[nH]c2ncc(Br)cc12.[K+]. The summed E-state index contributed by atoms with van der Waals surface area (Å²) < 4.78 is 38.0. The van der Waals surface area contributed by atoms with Gasteiger partial charge in [0.25, 0.3) is 0 Å². The predicted octanol–water partition coefficient (Wildman–Crippen LogP) is -0.616. The number of fused-ring (bicyclic) bond motifs is 1. The van der Waals surface area contributed by atoms with Gasteiger partial charge in [-0.3, -0.25) is 0 Å². The Hall–Kier alpha value is 0.661. The molecule has 0 radical (unpaired) electrons. The second kappa shape index (κ2) is 4.89. The summed E-state index contributed by atoms with van der Waals surface area (Å²) in [5.41, 5.74) is -0.379. The van der Waals surface area contributed by atoms with E-state index in [1.807, 2.05) is 0 Å². The van der Waals surface area contributed by atoms with Gasteiger partial charge in [0.2, 0.25) is 0 Å². The standard InChI is InChI=1S/C7H4BBrF3N2.K/c9-4-1-5-6(8(10,11)12)3-14-7(5)13-2-4;/h1-3H,(H,13,14);/q-1;+1. The predicted molar refractivity (Wildman–Crippen MR) is 52.5 cm³/mol. The second-order valence-corrected chi connectivity index (χ2v) is 3.78. The summed E-state index contributed by atoms with van der Waals surface area (Å²) in [7, 11) is 0. The van der Waals surface area contributed by atoms with Gasteiger partial charge < -0.3 is 17.9 Å². The van der Waals surface area contributed by atoms with Crippen LogP contribution in [0, 0.1) is 0 Å². The average Bonchev–Trinajstić information content (AvgIpc) is 2.45. The van der Waals surface area contributed by atoms with Crippen LogP contribution in [-0.4, -0.2) is 16.9 Å². The Kier molecular flexibility index (Phi) is 4.47. The maximum Gasteiger partial charge on any atom is 1.00 e. The Morgan fingerprint density at radius 3 is 2.60 bits per heavy atom. The first-order valence-electron chi connectivity index (χ1n) is 3.81. The molecule has 2 nitrogen and oxygen atoms in total. The van der Waals surface area contributed by atoms with Gasteiger partial charge in [0.05, 0.1) is 0 Å². The van der Waals surface area contributed by atoms with Crippen LogP contribution in [0.2, 0.25) is 0 Å². The van der Waals surface area contributed by atoms with E-state index < -0.39 is 12.4 Å². The van der Waals surface area contributed by atoms with E-state index in [1.165, 1.54) is 12.3 Å². The van der Waals surface area contributed by atoms with E-state index in [0.29, 0.717) is 4.47 Å². The van der Waals surface area contributed by atoms with Gasteiger partial charge in [-0.25, -0.2) is 4.98 Å². The van der Waals surface area contributed by atoms with Crippen LogP contribution in [0.1, 0.15) is 0 Å². The summed E-state index contributed by atoms with van der Waals surface area (Å²) in [5.74, 6) is 0. The summed E-state index contributed by atoms with van der Waals surface area (Å²) in [5, 5.41) is 0.104. The number of nitrogens with zero attached hydrogens (tertiary/aromatic N) is 1. The van der Waals surface area contributed by atoms with E-state index in [1.54, 1.807) is 0 Å². The number of hydrogen-bond donors (Lipinski definition) is 1. The van der Waals surface area contributed by atoms with Gasteiger partial charge >= 0.3 is 58.4 Å². The smallest absolute Gasteiger partial charge is 0.445 e. The van der Waals surface area contributed by atoms with Crippen LogP contribution in [0.4, 0.5) is 12.9 Å². The van der Waals surface area contributed by atoms with E-state index in [-0.39, 0.29) is 62.4 Å². The van der Waals surface area contributed by atoms with E-state index in [0.717, 1.165) is 6.20 Å². The zero-order valence-corrected chi connectivity index (χ0v) is 12.5. The van der Waals surface area contributed by atoms with Crippen LogP contribution < -0.4 is 56.8 Å². The molecular weight excluding hydrogens is 299 g/mol. The van der Waals surface area contributed by atoms with Crippen LogP contribution in [0.3, 0.4) is 0 Å². The van der Waals surface area contributed by atoms with Crippen molar-refractivity contribution in [2.24, 2.45) is 0 Å². The molecule has 0 aliphatic heterocycles. The second-order valence-electron chi connectivity index (χ2n) is 2.87. The molecule has 8 heteroatoms. The fourth-order valence-corrected chi connectivity index (χ4v) is 1.60. The van der Waals surface area contributed by atoms with Crippen LogP contribution in [0.5, 0.6) is 0 Å². The first-order valence-corrected chi connectivity index (χ1v) is 4.60. The number of rotatable bonds is 1. The van der Waals surface area contributed by atoms with Crippen molar-refractivity contribution in [3.8, 4) is 0 Å². The topological polar surface area (TPSA) is 28.7 Å². The minimum absolute atomic E-state index is 0. The quantitative estimate of drug-likeness (QED) is 0.699. The van der Waals surface area contributed by atoms with Crippen molar-refractivity contribution in [1.82, 2.24) is 9.97 Å². The zero-order chi connectivity index (χ0) is 10.3. The maximum absolute atomic E-state index is 12.5. The molecule has 0 saturated heterocycles. The van der Waals surface area contributed by atoms with E-state index >= 15 is 0 Å². The number of aromatic amines is 1. The van der Waals surface area contributed by atoms with Gasteiger partial charge in [-0.2, -0.15) is 0 Å². The molecule has 0 fully saturated rings. The molecule has 0 bridgehead atoms. The molecule has 2 heterocycles. The van der Waals surface area contributed by atoms with Crippen molar-refractivity contribution >= 4 is 39.4 Å². The minimum Gasteiger partial charge on any atom is -0.445 e. The minimum atomic E-state index is -4.98. The molecule has 0 amide bonds. The Morgan fingerprint density at radius 1 is 1.33 bits per heavy atom. The molecule has 74 valence electrons. The first-order chi connectivity index (χ1) is 6.48. The average molecular weight is 303 g/mol. The molecule has 2 rings (SSSR count). The number of pyridine rings is 1. The third kappa shape index (κ3) is 2.86. The first kappa shape index (κ1) is 13.7. The number of halogens is 4. The van der Waals surface area contributed by atoms with Gasteiger partial charge in [0, 0.05) is 10.7 Å². The largest absolute Gasteiger partial charge is 1.00 e. The number of nitrogens with one attached hydrogen (secondary N) is 1. The molecule has 0 spiro atoms. The number of aromatic nitrogens is 2. The maximum atomic E-state index is 12.5. The molecule has 0 saturated carbocycles. The van der Waals surface area contributed by atoms with E-state index in [4.69, 9.17) is 0 Å². The summed E-state index contributed by atoms with van der Waals surface area (Å²) in [4.78, 5) is 6.31. The van der Waals surface area contributed by atoms with Gasteiger partial charge in [-0.05, 0) is 33.6 Å².